The van der Waals surface area contributed by atoms with E-state index in [1.807, 2.05) is 0 Å². The first kappa shape index (κ1) is 13.8. The Bertz CT molecular complexity index is 344. The van der Waals surface area contributed by atoms with Crippen LogP contribution in [0.25, 0.3) is 0 Å². The molecule has 0 radical (unpaired) electrons. The second-order valence-corrected chi connectivity index (χ2v) is 6.82. The molecule has 0 saturated carbocycles. The minimum absolute atomic E-state index is 0.367. The van der Waals surface area contributed by atoms with Crippen molar-refractivity contribution in [1.29, 1.82) is 0 Å². The summed E-state index contributed by atoms with van der Waals surface area (Å²) < 4.78 is 5.51. The summed E-state index contributed by atoms with van der Waals surface area (Å²) >= 11 is 3.71. The topological polar surface area (TPSA) is 32.8 Å². The summed E-state index contributed by atoms with van der Waals surface area (Å²) in [6.45, 7) is 5.98. The number of fused-ring (bicyclic) bond motifs is 1. The van der Waals surface area contributed by atoms with Gasteiger partial charge in [0.25, 0.3) is 0 Å². The van der Waals surface area contributed by atoms with Crippen molar-refractivity contribution >= 4 is 21.8 Å². The molecule has 1 unspecified atom stereocenters. The van der Waals surface area contributed by atoms with Crippen LogP contribution in [0, 0.1) is 5.41 Å². The molecule has 0 aliphatic carbocycles. The van der Waals surface area contributed by atoms with Gasteiger partial charge in [-0.15, -0.1) is 0 Å². The Kier molecular flexibility index (Phi) is 4.15. The van der Waals surface area contributed by atoms with Crippen LogP contribution >= 0.6 is 15.9 Å². The van der Waals surface area contributed by atoms with Crippen LogP contribution < -0.4 is 0 Å². The van der Waals surface area contributed by atoms with Crippen LogP contribution in [0.4, 0.5) is 0 Å². The first-order chi connectivity index (χ1) is 9.22. The van der Waals surface area contributed by atoms with Gasteiger partial charge in [-0.1, -0.05) is 15.9 Å². The first-order valence-electron chi connectivity index (χ1n) is 7.38. The van der Waals surface area contributed by atoms with E-state index in [9.17, 15) is 4.79 Å². The van der Waals surface area contributed by atoms with Gasteiger partial charge in [-0.05, 0) is 24.7 Å². The molecule has 0 aromatic carbocycles. The number of carbonyl (C=O) groups excluding carboxylic acids is 1. The van der Waals surface area contributed by atoms with Crippen molar-refractivity contribution in [2.75, 3.05) is 44.7 Å². The van der Waals surface area contributed by atoms with Crippen molar-refractivity contribution in [3.05, 3.63) is 0 Å². The van der Waals surface area contributed by atoms with E-state index in [1.54, 1.807) is 0 Å². The van der Waals surface area contributed by atoms with Crippen LogP contribution in [0.2, 0.25) is 0 Å². The van der Waals surface area contributed by atoms with Gasteiger partial charge in [-0.2, -0.15) is 0 Å². The number of carbonyl (C=O) groups is 1. The molecule has 3 fully saturated rings. The molecule has 5 heteroatoms. The molecule has 3 heterocycles. The van der Waals surface area contributed by atoms with E-state index < -0.39 is 0 Å². The van der Waals surface area contributed by atoms with Crippen molar-refractivity contribution in [3.8, 4) is 0 Å². The number of halogens is 1. The Morgan fingerprint density at radius 3 is 2.84 bits per heavy atom. The number of piperazine rings is 1. The van der Waals surface area contributed by atoms with Gasteiger partial charge in [0.1, 0.15) is 0 Å². The van der Waals surface area contributed by atoms with E-state index >= 15 is 0 Å². The number of hydrogen-bond donors (Lipinski definition) is 0. The van der Waals surface area contributed by atoms with Gasteiger partial charge in [0.05, 0.1) is 0 Å². The Labute approximate surface area is 123 Å². The molecule has 0 aromatic heterocycles. The summed E-state index contributed by atoms with van der Waals surface area (Å²) in [5, 5.41) is 1.06. The number of ether oxygens (including phenoxy) is 1. The maximum atomic E-state index is 11.7. The highest BCUT2D eigenvalue weighted by molar-refractivity contribution is 9.09. The zero-order chi connectivity index (χ0) is 13.3. The average molecular weight is 331 g/mol. The zero-order valence-electron chi connectivity index (χ0n) is 11.4. The van der Waals surface area contributed by atoms with Crippen LogP contribution in [0.1, 0.15) is 25.7 Å². The average Bonchev–Trinajstić information content (AvgIpc) is 2.81. The Hall–Kier alpha value is -0.130. The number of hydrogen-bond acceptors (Lipinski definition) is 3. The molecule has 0 bridgehead atoms. The lowest BCUT2D eigenvalue weighted by molar-refractivity contribution is -0.131. The van der Waals surface area contributed by atoms with Crippen LogP contribution in [0.3, 0.4) is 0 Å². The summed E-state index contributed by atoms with van der Waals surface area (Å²) in [4.78, 5) is 16.4. The summed E-state index contributed by atoms with van der Waals surface area (Å²) in [6.07, 6.45) is 4.12. The van der Waals surface area contributed by atoms with Gasteiger partial charge in [-0.3, -0.25) is 9.69 Å². The van der Waals surface area contributed by atoms with Crippen LogP contribution in [-0.4, -0.2) is 66.5 Å². The number of amides is 1. The monoisotopic (exact) mass is 330 g/mol. The van der Waals surface area contributed by atoms with E-state index in [-0.39, 0.29) is 0 Å². The number of rotatable bonds is 3. The molecule has 0 aromatic rings. The smallest absolute Gasteiger partial charge is 0.222 e. The van der Waals surface area contributed by atoms with Crippen molar-refractivity contribution in [2.24, 2.45) is 5.41 Å². The summed E-state index contributed by atoms with van der Waals surface area (Å²) in [6, 6.07) is 0.480. The van der Waals surface area contributed by atoms with Gasteiger partial charge in [0.2, 0.25) is 5.91 Å². The molecule has 3 aliphatic rings. The molecule has 1 atom stereocenters. The molecular formula is C14H23BrN2O2. The minimum Gasteiger partial charge on any atom is -0.381 e. The third kappa shape index (κ3) is 2.83. The zero-order valence-corrected chi connectivity index (χ0v) is 13.0. The second-order valence-electron chi connectivity index (χ2n) is 6.26. The predicted octanol–water partition coefficient (Wildman–Crippen LogP) is 1.48. The molecular weight excluding hydrogens is 308 g/mol. The molecule has 0 N–H and O–H groups in total. The van der Waals surface area contributed by atoms with Gasteiger partial charge < -0.3 is 9.64 Å². The molecule has 3 saturated heterocycles. The van der Waals surface area contributed by atoms with Crippen molar-refractivity contribution in [1.82, 2.24) is 9.80 Å². The van der Waals surface area contributed by atoms with Crippen molar-refractivity contribution in [3.63, 3.8) is 0 Å². The Morgan fingerprint density at radius 1 is 1.32 bits per heavy atom. The molecule has 19 heavy (non-hydrogen) atoms. The van der Waals surface area contributed by atoms with Gasteiger partial charge in [0, 0.05) is 57.2 Å². The van der Waals surface area contributed by atoms with Crippen LogP contribution in [0.15, 0.2) is 0 Å². The lowest BCUT2D eigenvalue weighted by Crippen LogP contribution is -2.54. The van der Waals surface area contributed by atoms with E-state index in [0.717, 1.165) is 70.4 Å². The van der Waals surface area contributed by atoms with E-state index in [2.05, 4.69) is 25.7 Å². The van der Waals surface area contributed by atoms with E-state index in [1.165, 1.54) is 0 Å². The maximum absolute atomic E-state index is 11.7. The fourth-order valence-electron chi connectivity index (χ4n) is 3.69. The molecule has 108 valence electrons. The molecule has 1 amide bonds. The van der Waals surface area contributed by atoms with Crippen molar-refractivity contribution in [2.45, 2.75) is 31.7 Å². The van der Waals surface area contributed by atoms with E-state index in [0.29, 0.717) is 17.4 Å². The minimum atomic E-state index is 0.367. The second kappa shape index (κ2) is 5.70. The Balaban J connectivity index is 1.59. The van der Waals surface area contributed by atoms with Gasteiger partial charge in [-0.25, -0.2) is 0 Å². The van der Waals surface area contributed by atoms with Gasteiger partial charge in [0.15, 0.2) is 0 Å². The first-order valence-corrected chi connectivity index (χ1v) is 8.50. The fourth-order valence-corrected chi connectivity index (χ4v) is 4.42. The van der Waals surface area contributed by atoms with Crippen LogP contribution in [-0.2, 0) is 9.53 Å². The standard InChI is InChI=1S/C14H23BrN2O2/c15-10-14(3-7-19-8-4-14)11-16-5-6-17-12(9-16)1-2-13(17)18/h12H,1-11H2. The fraction of sp³-hybridized carbons (Fsp3) is 0.929. The predicted molar refractivity (Wildman–Crippen MR) is 77.5 cm³/mol. The number of nitrogens with zero attached hydrogens (tertiary/aromatic N) is 2. The molecule has 0 spiro atoms. The SMILES string of the molecule is O=C1CCC2CN(CC3(CBr)CCOCC3)CCN12. The normalized spacial score (nSPS) is 31.5. The third-order valence-electron chi connectivity index (χ3n) is 4.97. The molecule has 3 aliphatic heterocycles. The largest absolute Gasteiger partial charge is 0.381 e. The highest BCUT2D eigenvalue weighted by Gasteiger charge is 2.39. The molecule has 4 nitrogen and oxygen atoms in total. The summed E-state index contributed by atoms with van der Waals surface area (Å²) in [5.74, 6) is 0.367. The van der Waals surface area contributed by atoms with Crippen LogP contribution in [0.5, 0.6) is 0 Å². The summed E-state index contributed by atoms with van der Waals surface area (Å²) in [5.41, 5.74) is 0.378. The van der Waals surface area contributed by atoms with Crippen molar-refractivity contribution < 1.29 is 9.53 Å². The quantitative estimate of drug-likeness (QED) is 0.735. The maximum Gasteiger partial charge on any atom is 0.222 e. The Morgan fingerprint density at radius 2 is 2.11 bits per heavy atom. The molecule has 3 rings (SSSR count). The highest BCUT2D eigenvalue weighted by Crippen LogP contribution is 2.34. The number of alkyl halides is 1. The third-order valence-corrected chi connectivity index (χ3v) is 6.16. The van der Waals surface area contributed by atoms with E-state index in [4.69, 9.17) is 4.74 Å². The highest BCUT2D eigenvalue weighted by atomic mass is 79.9. The van der Waals surface area contributed by atoms with Gasteiger partial charge >= 0.3 is 0 Å². The lowest BCUT2D eigenvalue weighted by Gasteiger charge is -2.44. The lowest BCUT2D eigenvalue weighted by atomic mass is 9.81. The summed E-state index contributed by atoms with van der Waals surface area (Å²) in [7, 11) is 0.